The lowest BCUT2D eigenvalue weighted by Gasteiger charge is -2.24. The highest BCUT2D eigenvalue weighted by Gasteiger charge is 2.46. The van der Waals surface area contributed by atoms with E-state index in [2.05, 4.69) is 15.0 Å². The van der Waals surface area contributed by atoms with E-state index in [0.29, 0.717) is 27.4 Å². The number of aliphatic hydroxyl groups is 1. The summed E-state index contributed by atoms with van der Waals surface area (Å²) in [5.41, 5.74) is 4.75. The Morgan fingerprint density at radius 1 is 1.11 bits per heavy atom. The number of anilines is 1. The molecule has 4 aromatic rings. The normalized spacial score (nSPS) is 16.0. The Bertz CT molecular complexity index is 1510. The Morgan fingerprint density at radius 3 is 2.54 bits per heavy atom. The van der Waals surface area contributed by atoms with Crippen LogP contribution in [0.5, 0.6) is 5.75 Å². The van der Waals surface area contributed by atoms with Crippen molar-refractivity contribution >= 4 is 40.0 Å². The number of aryl methyl sites for hydroxylation is 4. The first kappa shape index (κ1) is 22.8. The smallest absolute Gasteiger partial charge is 0.296 e. The minimum absolute atomic E-state index is 0.0113. The molecular formula is C26H24N4O4S. The Labute approximate surface area is 205 Å². The molecule has 3 heterocycles. The Kier molecular flexibility index (Phi) is 5.44. The molecule has 1 atom stereocenters. The van der Waals surface area contributed by atoms with Crippen LogP contribution in [0.15, 0.2) is 47.7 Å². The molecule has 9 heteroatoms. The highest BCUT2D eigenvalue weighted by atomic mass is 32.1. The third-order valence-electron chi connectivity index (χ3n) is 6.29. The summed E-state index contributed by atoms with van der Waals surface area (Å²) in [4.78, 5) is 41.1. The summed E-state index contributed by atoms with van der Waals surface area (Å²) in [5.74, 6) is -0.922. The monoisotopic (exact) mass is 488 g/mol. The molecule has 2 aromatic heterocycles. The summed E-state index contributed by atoms with van der Waals surface area (Å²) in [6.07, 6.45) is 0. The zero-order valence-electron chi connectivity index (χ0n) is 20.0. The van der Waals surface area contributed by atoms with Crippen molar-refractivity contribution in [2.24, 2.45) is 0 Å². The number of ether oxygens (including phenoxy) is 1. The Hall–Kier alpha value is -3.98. The van der Waals surface area contributed by atoms with Crippen LogP contribution in [-0.4, -0.2) is 38.9 Å². The van der Waals surface area contributed by atoms with Gasteiger partial charge in [0.05, 0.1) is 45.3 Å². The topological polar surface area (TPSA) is 108 Å². The maximum atomic E-state index is 13.7. The van der Waals surface area contributed by atoms with Crippen LogP contribution in [0.2, 0.25) is 0 Å². The molecule has 1 amide bonds. The number of ketones is 1. The molecule has 0 fully saturated rings. The zero-order chi connectivity index (χ0) is 25.0. The number of aromatic nitrogens is 3. The summed E-state index contributed by atoms with van der Waals surface area (Å²) in [6.45, 7) is 7.55. The second kappa shape index (κ2) is 8.35. The number of carbonyl (C=O) groups excluding carboxylic acids is 2. The van der Waals surface area contributed by atoms with Crippen molar-refractivity contribution in [3.63, 3.8) is 0 Å². The molecule has 1 aliphatic heterocycles. The number of nitrogens with zero attached hydrogens (tertiary/aromatic N) is 3. The highest BCUT2D eigenvalue weighted by Crippen LogP contribution is 2.43. The van der Waals surface area contributed by atoms with Crippen LogP contribution in [0.3, 0.4) is 0 Å². The lowest BCUT2D eigenvalue weighted by molar-refractivity contribution is -0.117. The van der Waals surface area contributed by atoms with Crippen LogP contribution in [0.25, 0.3) is 11.0 Å². The molecule has 0 aliphatic carbocycles. The van der Waals surface area contributed by atoms with E-state index in [1.165, 1.54) is 16.2 Å². The number of amides is 1. The minimum Gasteiger partial charge on any atom is -0.503 e. The minimum atomic E-state index is -0.908. The fourth-order valence-electron chi connectivity index (χ4n) is 4.42. The van der Waals surface area contributed by atoms with Crippen molar-refractivity contribution in [1.82, 2.24) is 15.0 Å². The number of fused-ring (bicyclic) bond motifs is 1. The average molecular weight is 489 g/mol. The number of hydrogen-bond acceptors (Lipinski definition) is 7. The first-order valence-electron chi connectivity index (χ1n) is 11.1. The van der Waals surface area contributed by atoms with Crippen LogP contribution in [0.4, 0.5) is 5.95 Å². The van der Waals surface area contributed by atoms with Crippen LogP contribution in [0, 0.1) is 27.7 Å². The molecule has 0 saturated heterocycles. The summed E-state index contributed by atoms with van der Waals surface area (Å²) in [7, 11) is 1.55. The van der Waals surface area contributed by atoms with Gasteiger partial charge in [0.25, 0.3) is 5.91 Å². The lowest BCUT2D eigenvalue weighted by Crippen LogP contribution is -2.32. The fraction of sp³-hybridized carbons (Fsp3) is 0.231. The SMILES string of the molecule is COc1cccc(C2C(C(=O)c3sc(C)nc3C)=C(O)C(=O)N2c2nc3cc(C)c(C)cc3[nH]2)c1. The van der Waals surface area contributed by atoms with Crippen LogP contribution in [-0.2, 0) is 4.79 Å². The van der Waals surface area contributed by atoms with E-state index in [4.69, 9.17) is 4.74 Å². The number of benzene rings is 2. The van der Waals surface area contributed by atoms with Crippen molar-refractivity contribution in [2.75, 3.05) is 12.0 Å². The van der Waals surface area contributed by atoms with E-state index in [-0.39, 0.29) is 11.5 Å². The summed E-state index contributed by atoms with van der Waals surface area (Å²) < 4.78 is 5.39. The van der Waals surface area contributed by atoms with Gasteiger partial charge < -0.3 is 14.8 Å². The predicted molar refractivity (Wildman–Crippen MR) is 134 cm³/mol. The number of imidazole rings is 1. The molecule has 5 rings (SSSR count). The van der Waals surface area contributed by atoms with E-state index in [9.17, 15) is 14.7 Å². The number of aromatic amines is 1. The predicted octanol–water partition coefficient (Wildman–Crippen LogP) is 5.04. The molecule has 1 aliphatic rings. The largest absolute Gasteiger partial charge is 0.503 e. The van der Waals surface area contributed by atoms with E-state index < -0.39 is 23.5 Å². The number of carbonyl (C=O) groups is 2. The van der Waals surface area contributed by atoms with E-state index in [0.717, 1.165) is 21.7 Å². The van der Waals surface area contributed by atoms with Crippen LogP contribution < -0.4 is 9.64 Å². The number of rotatable bonds is 5. The van der Waals surface area contributed by atoms with Crippen molar-refractivity contribution < 1.29 is 19.4 Å². The van der Waals surface area contributed by atoms with Gasteiger partial charge in [0.15, 0.2) is 5.76 Å². The molecule has 0 bridgehead atoms. The zero-order valence-corrected chi connectivity index (χ0v) is 20.8. The van der Waals surface area contributed by atoms with Gasteiger partial charge in [-0.2, -0.15) is 0 Å². The number of thiazole rings is 1. The second-order valence-electron chi connectivity index (χ2n) is 8.61. The molecule has 2 N–H and O–H groups in total. The maximum absolute atomic E-state index is 13.7. The molecule has 0 radical (unpaired) electrons. The number of aliphatic hydroxyl groups excluding tert-OH is 1. The number of nitrogens with one attached hydrogen (secondary N) is 1. The van der Waals surface area contributed by atoms with Crippen molar-refractivity contribution in [3.8, 4) is 5.75 Å². The van der Waals surface area contributed by atoms with Gasteiger partial charge in [0.2, 0.25) is 11.7 Å². The average Bonchev–Trinajstić information content (AvgIpc) is 3.47. The molecule has 0 spiro atoms. The quantitative estimate of drug-likeness (QED) is 0.381. The molecule has 8 nitrogen and oxygen atoms in total. The maximum Gasteiger partial charge on any atom is 0.296 e. The Balaban J connectivity index is 1.70. The Morgan fingerprint density at radius 2 is 1.86 bits per heavy atom. The van der Waals surface area contributed by atoms with Gasteiger partial charge in [0, 0.05) is 0 Å². The second-order valence-corrected chi connectivity index (χ2v) is 9.81. The highest BCUT2D eigenvalue weighted by molar-refractivity contribution is 7.14. The standard InChI is InChI=1S/C26H24N4O4S/c1-12-9-18-19(10-13(12)2)29-26(28-18)30-21(16-7-6-8-17(11-16)34-5)20(23(32)25(30)33)22(31)24-14(3)27-15(4)35-24/h6-11,21,32H,1-5H3,(H,28,29). The van der Waals surface area contributed by atoms with Crippen molar-refractivity contribution in [2.45, 2.75) is 33.7 Å². The first-order chi connectivity index (χ1) is 16.7. The lowest BCUT2D eigenvalue weighted by atomic mass is 9.95. The van der Waals surface area contributed by atoms with Crippen molar-refractivity contribution in [1.29, 1.82) is 0 Å². The molecule has 1 unspecified atom stereocenters. The van der Waals surface area contributed by atoms with Crippen LogP contribution in [0.1, 0.15) is 43.1 Å². The third-order valence-corrected chi connectivity index (χ3v) is 7.36. The van der Waals surface area contributed by atoms with Gasteiger partial charge >= 0.3 is 0 Å². The summed E-state index contributed by atoms with van der Waals surface area (Å²) in [5, 5.41) is 11.7. The van der Waals surface area contributed by atoms with Gasteiger partial charge in [-0.1, -0.05) is 12.1 Å². The number of Topliss-reactive ketones (excluding diaryl/α,β-unsaturated/α-hetero) is 1. The molecule has 35 heavy (non-hydrogen) atoms. The van der Waals surface area contributed by atoms with Gasteiger partial charge in [-0.15, -0.1) is 11.3 Å². The fourth-order valence-corrected chi connectivity index (χ4v) is 5.29. The molecular weight excluding hydrogens is 464 g/mol. The molecule has 2 aromatic carbocycles. The van der Waals surface area contributed by atoms with Crippen molar-refractivity contribution in [3.05, 3.63) is 80.0 Å². The number of hydrogen-bond donors (Lipinski definition) is 2. The third kappa shape index (κ3) is 3.68. The summed E-state index contributed by atoms with van der Waals surface area (Å²) >= 11 is 1.24. The van der Waals surface area contributed by atoms with E-state index in [1.54, 1.807) is 38.3 Å². The molecule has 178 valence electrons. The van der Waals surface area contributed by atoms with Gasteiger partial charge in [0.1, 0.15) is 5.75 Å². The molecule has 0 saturated carbocycles. The van der Waals surface area contributed by atoms with Gasteiger partial charge in [-0.25, -0.2) is 9.97 Å². The van der Waals surface area contributed by atoms with Gasteiger partial charge in [-0.3, -0.25) is 14.5 Å². The first-order valence-corrected chi connectivity index (χ1v) is 11.9. The van der Waals surface area contributed by atoms with Gasteiger partial charge in [-0.05, 0) is 68.7 Å². The number of H-pyrrole nitrogens is 1. The van der Waals surface area contributed by atoms with E-state index in [1.807, 2.05) is 32.9 Å². The van der Waals surface area contributed by atoms with E-state index >= 15 is 0 Å². The number of methoxy groups -OCH3 is 1. The van der Waals surface area contributed by atoms with Crippen LogP contribution >= 0.6 is 11.3 Å². The summed E-state index contributed by atoms with van der Waals surface area (Å²) in [6, 6.07) is 10.1.